The lowest BCUT2D eigenvalue weighted by Gasteiger charge is -2.38. The topological polar surface area (TPSA) is 41.6 Å². The van der Waals surface area contributed by atoms with Gasteiger partial charge >= 0.3 is 0 Å². The number of hydrogen-bond donors (Lipinski definition) is 1. The van der Waals surface area contributed by atoms with Crippen molar-refractivity contribution >= 4 is 18.3 Å². The number of carbonyl (C=O) groups is 1. The van der Waals surface area contributed by atoms with E-state index in [1.165, 1.54) is 0 Å². The van der Waals surface area contributed by atoms with E-state index in [1.54, 1.807) is 0 Å². The second-order valence-corrected chi connectivity index (χ2v) is 4.18. The Balaban J connectivity index is 0.00000112. The van der Waals surface area contributed by atoms with E-state index in [0.29, 0.717) is 18.6 Å². The standard InChI is InChI=1S/C10H18N2O2.ClH/c1-8-6-9(3-5-14-8)12-4-2-10(13)11-7-12;/h8-9H,2-7H2,1H3,(H,11,13);1H/t8-,9-;/m0./s1. The summed E-state index contributed by atoms with van der Waals surface area (Å²) < 4.78 is 5.51. The van der Waals surface area contributed by atoms with E-state index in [4.69, 9.17) is 4.74 Å². The van der Waals surface area contributed by atoms with Crippen molar-refractivity contribution in [3.05, 3.63) is 0 Å². The number of ether oxygens (including phenoxy) is 1. The summed E-state index contributed by atoms with van der Waals surface area (Å²) in [5.41, 5.74) is 0. The zero-order chi connectivity index (χ0) is 9.97. The summed E-state index contributed by atoms with van der Waals surface area (Å²) >= 11 is 0. The van der Waals surface area contributed by atoms with Gasteiger partial charge in [0.1, 0.15) is 0 Å². The predicted molar refractivity (Wildman–Crippen MR) is 60.0 cm³/mol. The van der Waals surface area contributed by atoms with Crippen molar-refractivity contribution in [2.75, 3.05) is 19.8 Å². The van der Waals surface area contributed by atoms with Gasteiger partial charge in [-0.2, -0.15) is 0 Å². The molecule has 1 N–H and O–H groups in total. The van der Waals surface area contributed by atoms with Crippen LogP contribution in [0, 0.1) is 0 Å². The number of hydrogen-bond acceptors (Lipinski definition) is 3. The molecule has 0 aromatic carbocycles. The van der Waals surface area contributed by atoms with Crippen LogP contribution in [0.2, 0.25) is 0 Å². The number of amides is 1. The Kier molecular flexibility index (Phi) is 4.83. The second-order valence-electron chi connectivity index (χ2n) is 4.18. The molecular formula is C10H19ClN2O2. The fourth-order valence-electron chi connectivity index (χ4n) is 2.22. The molecule has 88 valence electrons. The third-order valence-corrected chi connectivity index (χ3v) is 3.08. The quantitative estimate of drug-likeness (QED) is 0.728. The van der Waals surface area contributed by atoms with Crippen molar-refractivity contribution in [2.24, 2.45) is 0 Å². The van der Waals surface area contributed by atoms with E-state index in [9.17, 15) is 4.79 Å². The molecule has 0 aromatic rings. The minimum absolute atomic E-state index is 0. The van der Waals surface area contributed by atoms with Crippen molar-refractivity contribution < 1.29 is 9.53 Å². The van der Waals surface area contributed by atoms with Gasteiger partial charge in [-0.1, -0.05) is 0 Å². The molecule has 2 atom stereocenters. The molecule has 1 amide bonds. The monoisotopic (exact) mass is 234 g/mol. The molecule has 4 nitrogen and oxygen atoms in total. The maximum Gasteiger partial charge on any atom is 0.222 e. The van der Waals surface area contributed by atoms with Gasteiger partial charge < -0.3 is 10.1 Å². The van der Waals surface area contributed by atoms with Crippen LogP contribution in [0.4, 0.5) is 0 Å². The van der Waals surface area contributed by atoms with Gasteiger partial charge in [-0.25, -0.2) is 0 Å². The highest BCUT2D eigenvalue weighted by Crippen LogP contribution is 2.19. The molecule has 0 aromatic heterocycles. The molecule has 2 heterocycles. The van der Waals surface area contributed by atoms with Gasteiger partial charge in [0.15, 0.2) is 0 Å². The Morgan fingerprint density at radius 1 is 1.53 bits per heavy atom. The van der Waals surface area contributed by atoms with Crippen LogP contribution in [-0.2, 0) is 9.53 Å². The molecule has 0 bridgehead atoms. The van der Waals surface area contributed by atoms with Crippen molar-refractivity contribution in [3.63, 3.8) is 0 Å². The Bertz CT molecular complexity index is 215. The number of carbonyl (C=O) groups excluding carboxylic acids is 1. The molecule has 5 heteroatoms. The van der Waals surface area contributed by atoms with Gasteiger partial charge in [0.05, 0.1) is 12.8 Å². The average molecular weight is 235 g/mol. The van der Waals surface area contributed by atoms with Crippen molar-refractivity contribution in [1.29, 1.82) is 0 Å². The first kappa shape index (κ1) is 12.7. The van der Waals surface area contributed by atoms with E-state index in [1.807, 2.05) is 0 Å². The first-order valence-electron chi connectivity index (χ1n) is 5.38. The van der Waals surface area contributed by atoms with Crippen molar-refractivity contribution in [1.82, 2.24) is 10.2 Å². The van der Waals surface area contributed by atoms with Crippen LogP contribution in [-0.4, -0.2) is 42.8 Å². The average Bonchev–Trinajstić information content (AvgIpc) is 2.19. The van der Waals surface area contributed by atoms with Gasteiger partial charge in [-0.15, -0.1) is 12.4 Å². The molecule has 0 spiro atoms. The van der Waals surface area contributed by atoms with Gasteiger partial charge in [0, 0.05) is 25.6 Å². The van der Waals surface area contributed by atoms with Crippen LogP contribution in [0.3, 0.4) is 0 Å². The van der Waals surface area contributed by atoms with E-state index in [-0.39, 0.29) is 18.3 Å². The van der Waals surface area contributed by atoms with E-state index in [0.717, 1.165) is 32.7 Å². The minimum atomic E-state index is 0. The number of nitrogens with one attached hydrogen (secondary N) is 1. The van der Waals surface area contributed by atoms with Crippen LogP contribution in [0.15, 0.2) is 0 Å². The first-order valence-corrected chi connectivity index (χ1v) is 5.38. The van der Waals surface area contributed by atoms with E-state index < -0.39 is 0 Å². The summed E-state index contributed by atoms with van der Waals surface area (Å²) in [5.74, 6) is 0.182. The molecule has 0 radical (unpaired) electrons. The van der Waals surface area contributed by atoms with Gasteiger partial charge in [0.25, 0.3) is 0 Å². The maximum atomic E-state index is 11.0. The van der Waals surface area contributed by atoms with Crippen LogP contribution in [0.25, 0.3) is 0 Å². The molecule has 2 saturated heterocycles. The number of nitrogens with zero attached hydrogens (tertiary/aromatic N) is 1. The molecule has 0 saturated carbocycles. The minimum Gasteiger partial charge on any atom is -0.378 e. The van der Waals surface area contributed by atoms with Crippen LogP contribution >= 0.6 is 12.4 Å². The largest absolute Gasteiger partial charge is 0.378 e. The molecule has 2 aliphatic heterocycles. The van der Waals surface area contributed by atoms with Crippen LogP contribution < -0.4 is 5.32 Å². The molecule has 2 aliphatic rings. The van der Waals surface area contributed by atoms with Crippen molar-refractivity contribution in [2.45, 2.75) is 38.3 Å². The number of rotatable bonds is 1. The summed E-state index contributed by atoms with van der Waals surface area (Å²) in [5, 5.41) is 2.89. The molecule has 2 rings (SSSR count). The highest BCUT2D eigenvalue weighted by molar-refractivity contribution is 5.85. The molecule has 15 heavy (non-hydrogen) atoms. The Morgan fingerprint density at radius 2 is 2.33 bits per heavy atom. The third-order valence-electron chi connectivity index (χ3n) is 3.08. The Hall–Kier alpha value is -0.320. The van der Waals surface area contributed by atoms with E-state index >= 15 is 0 Å². The fourth-order valence-corrected chi connectivity index (χ4v) is 2.22. The molecule has 0 unspecified atom stereocenters. The van der Waals surface area contributed by atoms with Gasteiger partial charge in [-0.3, -0.25) is 9.69 Å². The zero-order valence-corrected chi connectivity index (χ0v) is 9.89. The van der Waals surface area contributed by atoms with Crippen molar-refractivity contribution in [3.8, 4) is 0 Å². The summed E-state index contributed by atoms with van der Waals surface area (Å²) in [6, 6.07) is 0.597. The predicted octanol–water partition coefficient (Wildman–Crippen LogP) is 0.755. The zero-order valence-electron chi connectivity index (χ0n) is 9.07. The summed E-state index contributed by atoms with van der Waals surface area (Å²) in [6.45, 7) is 4.60. The Morgan fingerprint density at radius 3 is 2.93 bits per heavy atom. The van der Waals surface area contributed by atoms with Crippen LogP contribution in [0.5, 0.6) is 0 Å². The van der Waals surface area contributed by atoms with Gasteiger partial charge in [0.2, 0.25) is 5.91 Å². The highest BCUT2D eigenvalue weighted by atomic mass is 35.5. The lowest BCUT2D eigenvalue weighted by Crippen LogP contribution is -2.51. The Labute approximate surface area is 96.7 Å². The lowest BCUT2D eigenvalue weighted by atomic mass is 10.0. The first-order chi connectivity index (χ1) is 6.75. The summed E-state index contributed by atoms with van der Waals surface area (Å²) in [6.07, 6.45) is 3.20. The maximum absolute atomic E-state index is 11.0. The molecule has 0 aliphatic carbocycles. The highest BCUT2D eigenvalue weighted by Gasteiger charge is 2.27. The fraction of sp³-hybridized carbons (Fsp3) is 0.900. The molecule has 2 fully saturated rings. The molecular weight excluding hydrogens is 216 g/mol. The van der Waals surface area contributed by atoms with Crippen LogP contribution in [0.1, 0.15) is 26.2 Å². The normalized spacial score (nSPS) is 33.0. The lowest BCUT2D eigenvalue weighted by molar-refractivity contribution is -0.125. The third kappa shape index (κ3) is 3.33. The SMILES string of the molecule is C[C@H]1C[C@@H](N2CCC(=O)NC2)CCO1.Cl. The van der Waals surface area contributed by atoms with Gasteiger partial charge in [-0.05, 0) is 19.8 Å². The summed E-state index contributed by atoms with van der Waals surface area (Å²) in [4.78, 5) is 13.4. The second kappa shape index (κ2) is 5.68. The van der Waals surface area contributed by atoms with E-state index in [2.05, 4.69) is 17.1 Å². The smallest absolute Gasteiger partial charge is 0.222 e. The number of halogens is 1. The summed E-state index contributed by atoms with van der Waals surface area (Å²) in [7, 11) is 0.